The summed E-state index contributed by atoms with van der Waals surface area (Å²) in [5.74, 6) is -14.9. The van der Waals surface area contributed by atoms with Crippen molar-refractivity contribution in [3.8, 4) is 0 Å². The van der Waals surface area contributed by atoms with Crippen molar-refractivity contribution >= 4 is 10.0 Å². The number of hydrogen-bond donors (Lipinski definition) is 1. The zero-order chi connectivity index (χ0) is 19.0. The maximum absolute atomic E-state index is 13.4. The molecule has 0 aliphatic heterocycles. The van der Waals surface area contributed by atoms with Gasteiger partial charge in [-0.25, -0.2) is 13.1 Å². The molecule has 1 aliphatic rings. The molecule has 0 bridgehead atoms. The lowest BCUT2D eigenvalue weighted by Gasteiger charge is -2.33. The zero-order valence-corrected chi connectivity index (χ0v) is 12.8. The summed E-state index contributed by atoms with van der Waals surface area (Å²) >= 11 is 0. The highest BCUT2D eigenvalue weighted by atomic mass is 32.2. The predicted molar refractivity (Wildman–Crippen MR) is 64.4 cm³/mol. The molecule has 1 fully saturated rings. The second-order valence-corrected chi connectivity index (χ2v) is 7.33. The smallest absolute Gasteiger partial charge is 0.210 e. The quantitative estimate of drug-likeness (QED) is 0.694. The van der Waals surface area contributed by atoms with Crippen LogP contribution in [-0.2, 0) is 10.0 Å². The van der Waals surface area contributed by atoms with Crippen molar-refractivity contribution in [1.29, 1.82) is 0 Å². The molecular formula is C11H14F9NO2S. The average Bonchev–Trinajstić information content (AvgIpc) is 2.44. The van der Waals surface area contributed by atoms with Gasteiger partial charge in [-0.3, -0.25) is 0 Å². The van der Waals surface area contributed by atoms with Gasteiger partial charge in [0, 0.05) is 6.54 Å². The van der Waals surface area contributed by atoms with Gasteiger partial charge in [0.15, 0.2) is 0 Å². The van der Waals surface area contributed by atoms with Crippen LogP contribution in [0.5, 0.6) is 0 Å². The van der Waals surface area contributed by atoms with E-state index in [-0.39, 0.29) is 0 Å². The van der Waals surface area contributed by atoms with E-state index in [4.69, 9.17) is 0 Å². The van der Waals surface area contributed by atoms with Crippen LogP contribution in [0.1, 0.15) is 32.1 Å². The molecule has 0 aromatic heterocycles. The molecule has 1 N–H and O–H groups in total. The Kier molecular flexibility index (Phi) is 5.81. The fraction of sp³-hybridized carbons (Fsp3) is 1.00. The SMILES string of the molecule is O=S(=O)(NCC1CCCCC1)C(F)(F)C(F)(F)C(F)(F)C(F)(F)F. The minimum atomic E-state index is -7.23. The third-order valence-electron chi connectivity index (χ3n) is 3.74. The average molecular weight is 395 g/mol. The Hall–Kier alpha value is -0.720. The van der Waals surface area contributed by atoms with Gasteiger partial charge in [0.1, 0.15) is 0 Å². The van der Waals surface area contributed by atoms with Gasteiger partial charge < -0.3 is 0 Å². The van der Waals surface area contributed by atoms with Crippen molar-refractivity contribution in [2.45, 2.75) is 55.4 Å². The number of rotatable bonds is 6. The number of sulfonamides is 1. The molecule has 13 heteroatoms. The van der Waals surface area contributed by atoms with E-state index in [0.29, 0.717) is 25.7 Å². The van der Waals surface area contributed by atoms with Gasteiger partial charge in [-0.2, -0.15) is 39.5 Å². The van der Waals surface area contributed by atoms with Crippen molar-refractivity contribution < 1.29 is 47.9 Å². The van der Waals surface area contributed by atoms with Crippen LogP contribution in [-0.4, -0.2) is 38.2 Å². The second kappa shape index (κ2) is 6.54. The Morgan fingerprint density at radius 1 is 0.792 bits per heavy atom. The molecular weight excluding hydrogens is 381 g/mol. The van der Waals surface area contributed by atoms with Gasteiger partial charge in [-0.1, -0.05) is 19.3 Å². The van der Waals surface area contributed by atoms with Gasteiger partial charge in [0.2, 0.25) is 0 Å². The molecule has 1 aliphatic carbocycles. The number of hydrogen-bond acceptors (Lipinski definition) is 2. The largest absolute Gasteiger partial charge is 0.460 e. The Morgan fingerprint density at radius 3 is 1.67 bits per heavy atom. The van der Waals surface area contributed by atoms with Crippen LogP contribution in [0.25, 0.3) is 0 Å². The van der Waals surface area contributed by atoms with Crippen LogP contribution in [0.2, 0.25) is 0 Å². The van der Waals surface area contributed by atoms with E-state index in [9.17, 15) is 47.9 Å². The highest BCUT2D eigenvalue weighted by molar-refractivity contribution is 7.90. The standard InChI is InChI=1S/C11H14F9NO2S/c12-8(13,10(16,17)18)9(14,15)11(19,20)24(22,23)21-6-7-4-2-1-3-5-7/h7,21H,1-6H2. The van der Waals surface area contributed by atoms with Crippen LogP contribution >= 0.6 is 0 Å². The Labute approximate surface area is 131 Å². The van der Waals surface area contributed by atoms with Gasteiger partial charge in [0.25, 0.3) is 10.0 Å². The zero-order valence-electron chi connectivity index (χ0n) is 11.9. The molecule has 0 amide bonds. The lowest BCUT2D eigenvalue weighted by molar-refractivity contribution is -0.382. The number of alkyl halides is 9. The summed E-state index contributed by atoms with van der Waals surface area (Å²) in [7, 11) is -6.47. The molecule has 3 nitrogen and oxygen atoms in total. The van der Waals surface area contributed by atoms with Crippen molar-refractivity contribution in [3.05, 3.63) is 0 Å². The van der Waals surface area contributed by atoms with Crippen molar-refractivity contribution in [2.24, 2.45) is 5.92 Å². The molecule has 24 heavy (non-hydrogen) atoms. The topological polar surface area (TPSA) is 46.2 Å². The Morgan fingerprint density at radius 2 is 1.25 bits per heavy atom. The van der Waals surface area contributed by atoms with E-state index in [1.165, 1.54) is 0 Å². The van der Waals surface area contributed by atoms with Crippen molar-refractivity contribution in [3.63, 3.8) is 0 Å². The van der Waals surface area contributed by atoms with E-state index < -0.39 is 45.8 Å². The molecule has 1 rings (SSSR count). The van der Waals surface area contributed by atoms with Crippen LogP contribution < -0.4 is 4.72 Å². The summed E-state index contributed by atoms with van der Waals surface area (Å²) in [6.45, 7) is -0.744. The van der Waals surface area contributed by atoms with Crippen LogP contribution in [0.4, 0.5) is 39.5 Å². The summed E-state index contributed by atoms with van der Waals surface area (Å²) in [6, 6.07) is 0. The summed E-state index contributed by atoms with van der Waals surface area (Å²) in [4.78, 5) is 0. The third kappa shape index (κ3) is 3.60. The number of halogens is 9. The minimum Gasteiger partial charge on any atom is -0.210 e. The normalized spacial score (nSPS) is 19.5. The lowest BCUT2D eigenvalue weighted by atomic mass is 9.90. The first-order valence-corrected chi connectivity index (χ1v) is 8.25. The minimum absolute atomic E-state index is 0.392. The molecule has 0 radical (unpaired) electrons. The summed E-state index contributed by atoms with van der Waals surface area (Å²) in [5, 5.41) is -6.66. The fourth-order valence-corrected chi connectivity index (χ4v) is 3.34. The highest BCUT2D eigenvalue weighted by Crippen LogP contribution is 2.54. The predicted octanol–water partition coefficient (Wildman–Crippen LogP) is 3.91. The fourth-order valence-electron chi connectivity index (χ4n) is 2.24. The molecule has 0 unspecified atom stereocenters. The van der Waals surface area contributed by atoms with Gasteiger partial charge in [0.05, 0.1) is 0 Å². The molecule has 0 spiro atoms. The summed E-state index contributed by atoms with van der Waals surface area (Å²) < 4.78 is 138. The van der Waals surface area contributed by atoms with E-state index in [2.05, 4.69) is 0 Å². The van der Waals surface area contributed by atoms with E-state index in [0.717, 1.165) is 11.1 Å². The maximum atomic E-state index is 13.4. The van der Waals surface area contributed by atoms with Crippen LogP contribution in [0.15, 0.2) is 0 Å². The molecule has 0 aromatic carbocycles. The first kappa shape index (κ1) is 21.3. The molecule has 0 heterocycles. The van der Waals surface area contributed by atoms with E-state index in [1.54, 1.807) is 0 Å². The second-order valence-electron chi connectivity index (χ2n) is 5.52. The summed E-state index contributed by atoms with van der Waals surface area (Å²) in [6.07, 6.45) is -4.21. The number of nitrogens with one attached hydrogen (secondary N) is 1. The lowest BCUT2D eigenvalue weighted by Crippen LogP contribution is -2.65. The van der Waals surface area contributed by atoms with E-state index in [1.807, 2.05) is 0 Å². The van der Waals surface area contributed by atoms with E-state index >= 15 is 0 Å². The molecule has 0 saturated heterocycles. The molecule has 1 saturated carbocycles. The van der Waals surface area contributed by atoms with Gasteiger partial charge >= 0.3 is 23.3 Å². The van der Waals surface area contributed by atoms with Crippen molar-refractivity contribution in [1.82, 2.24) is 4.72 Å². The van der Waals surface area contributed by atoms with Crippen LogP contribution in [0.3, 0.4) is 0 Å². The monoisotopic (exact) mass is 395 g/mol. The van der Waals surface area contributed by atoms with Crippen LogP contribution in [0, 0.1) is 5.92 Å². The van der Waals surface area contributed by atoms with Gasteiger partial charge in [-0.15, -0.1) is 0 Å². The molecule has 0 aromatic rings. The molecule has 144 valence electrons. The Bertz CT molecular complexity index is 538. The Balaban J connectivity index is 3.02. The summed E-state index contributed by atoms with van der Waals surface area (Å²) in [5.41, 5.74) is 0. The van der Waals surface area contributed by atoms with Gasteiger partial charge in [-0.05, 0) is 18.8 Å². The first-order valence-electron chi connectivity index (χ1n) is 6.77. The first-order chi connectivity index (χ1) is 10.6. The third-order valence-corrected chi connectivity index (χ3v) is 5.22. The highest BCUT2D eigenvalue weighted by Gasteiger charge is 2.85. The van der Waals surface area contributed by atoms with Crippen molar-refractivity contribution in [2.75, 3.05) is 6.54 Å². The maximum Gasteiger partial charge on any atom is 0.460 e. The molecule has 0 atom stereocenters.